The van der Waals surface area contributed by atoms with Crippen molar-refractivity contribution in [1.82, 2.24) is 15.1 Å². The predicted molar refractivity (Wildman–Crippen MR) is 137 cm³/mol. The molecule has 36 heavy (non-hydrogen) atoms. The largest absolute Gasteiger partial charge is 0.342 e. The van der Waals surface area contributed by atoms with E-state index in [0.717, 1.165) is 16.0 Å². The van der Waals surface area contributed by atoms with Gasteiger partial charge in [0.2, 0.25) is 11.8 Å². The summed E-state index contributed by atoms with van der Waals surface area (Å²) in [6.07, 6.45) is 5.22. The van der Waals surface area contributed by atoms with Crippen LogP contribution in [-0.2, 0) is 25.6 Å². The van der Waals surface area contributed by atoms with E-state index in [1.807, 2.05) is 74.5 Å². The number of imide groups is 1. The summed E-state index contributed by atoms with van der Waals surface area (Å²) < 4.78 is 0. The van der Waals surface area contributed by atoms with Gasteiger partial charge < -0.3 is 10.2 Å². The van der Waals surface area contributed by atoms with Crippen molar-refractivity contribution in [2.75, 3.05) is 6.54 Å². The minimum atomic E-state index is -0.954. The number of hydrogen-bond donors (Lipinski definition) is 1. The molecule has 188 valence electrons. The average Bonchev–Trinajstić information content (AvgIpc) is 3.40. The highest BCUT2D eigenvalue weighted by molar-refractivity contribution is 6.09. The van der Waals surface area contributed by atoms with Crippen LogP contribution in [0.3, 0.4) is 0 Å². The summed E-state index contributed by atoms with van der Waals surface area (Å²) >= 11 is 0. The maximum absolute atomic E-state index is 13.9. The second kappa shape index (κ2) is 11.3. The Morgan fingerprint density at radius 1 is 1.06 bits per heavy atom. The van der Waals surface area contributed by atoms with Gasteiger partial charge in [-0.3, -0.25) is 24.1 Å². The van der Waals surface area contributed by atoms with E-state index < -0.39 is 29.9 Å². The molecular formula is C29H33N3O4. The Balaban J connectivity index is 1.60. The number of benzene rings is 2. The SMILES string of the molecule is CC[C@@H](C)[C@@H]1NC(=O)[C@@H](Cc2ccccc2)N(C(=O)[C@@H]2CCCN2C(=O)C=Cc2ccccc2)C1=O. The summed E-state index contributed by atoms with van der Waals surface area (Å²) in [6.45, 7) is 4.27. The van der Waals surface area contributed by atoms with Crippen molar-refractivity contribution in [2.45, 2.75) is 57.7 Å². The molecule has 2 fully saturated rings. The van der Waals surface area contributed by atoms with Crippen LogP contribution in [0, 0.1) is 5.92 Å². The second-order valence-corrected chi connectivity index (χ2v) is 9.56. The molecule has 7 heteroatoms. The molecule has 2 aromatic carbocycles. The number of rotatable bonds is 7. The van der Waals surface area contributed by atoms with Gasteiger partial charge >= 0.3 is 0 Å². The maximum atomic E-state index is 13.9. The van der Waals surface area contributed by atoms with E-state index in [1.165, 1.54) is 11.0 Å². The lowest BCUT2D eigenvalue weighted by Crippen LogP contribution is -2.68. The topological polar surface area (TPSA) is 86.8 Å². The van der Waals surface area contributed by atoms with E-state index in [2.05, 4.69) is 5.32 Å². The number of nitrogens with zero attached hydrogens (tertiary/aromatic N) is 2. The number of carbonyl (C=O) groups is 4. The lowest BCUT2D eigenvalue weighted by Gasteiger charge is -2.41. The maximum Gasteiger partial charge on any atom is 0.252 e. The molecular weight excluding hydrogens is 454 g/mol. The lowest BCUT2D eigenvalue weighted by atomic mass is 9.91. The van der Waals surface area contributed by atoms with Gasteiger partial charge in [-0.1, -0.05) is 80.9 Å². The third-order valence-corrected chi connectivity index (χ3v) is 7.18. The van der Waals surface area contributed by atoms with E-state index in [4.69, 9.17) is 0 Å². The molecule has 2 aliphatic heterocycles. The Hall–Kier alpha value is -3.74. The highest BCUT2D eigenvalue weighted by Crippen LogP contribution is 2.26. The molecule has 1 N–H and O–H groups in total. The van der Waals surface area contributed by atoms with Crippen molar-refractivity contribution in [3.8, 4) is 0 Å². The molecule has 0 saturated carbocycles. The average molecular weight is 488 g/mol. The molecule has 4 atom stereocenters. The zero-order valence-corrected chi connectivity index (χ0v) is 20.8. The molecule has 2 aliphatic rings. The first kappa shape index (κ1) is 25.4. The van der Waals surface area contributed by atoms with Crippen molar-refractivity contribution >= 4 is 29.7 Å². The molecule has 2 heterocycles. The van der Waals surface area contributed by atoms with Gasteiger partial charge in [0.1, 0.15) is 18.1 Å². The zero-order chi connectivity index (χ0) is 25.7. The summed E-state index contributed by atoms with van der Waals surface area (Å²) in [7, 11) is 0. The highest BCUT2D eigenvalue weighted by atomic mass is 16.2. The summed E-state index contributed by atoms with van der Waals surface area (Å²) in [5, 5.41) is 2.86. The van der Waals surface area contributed by atoms with E-state index >= 15 is 0 Å². The molecule has 0 spiro atoms. The van der Waals surface area contributed by atoms with E-state index in [1.54, 1.807) is 6.08 Å². The molecule has 0 bridgehead atoms. The van der Waals surface area contributed by atoms with Gasteiger partial charge in [0.15, 0.2) is 0 Å². The number of carbonyl (C=O) groups excluding carboxylic acids is 4. The Morgan fingerprint density at radius 2 is 1.72 bits per heavy atom. The molecule has 0 aromatic heterocycles. The quantitative estimate of drug-likeness (QED) is 0.480. The van der Waals surface area contributed by atoms with Gasteiger partial charge in [-0.15, -0.1) is 0 Å². The van der Waals surface area contributed by atoms with Crippen LogP contribution in [0.15, 0.2) is 66.7 Å². The number of likely N-dealkylation sites (tertiary alicyclic amines) is 1. The van der Waals surface area contributed by atoms with Crippen molar-refractivity contribution in [1.29, 1.82) is 0 Å². The zero-order valence-electron chi connectivity index (χ0n) is 20.8. The molecule has 4 amide bonds. The third-order valence-electron chi connectivity index (χ3n) is 7.18. The Kier molecular flexibility index (Phi) is 7.98. The van der Waals surface area contributed by atoms with Gasteiger partial charge in [0.25, 0.3) is 11.8 Å². The van der Waals surface area contributed by atoms with Gasteiger partial charge in [0.05, 0.1) is 0 Å². The molecule has 0 radical (unpaired) electrons. The fourth-order valence-electron chi connectivity index (χ4n) is 4.91. The molecule has 4 rings (SSSR count). The standard InChI is InChI=1S/C29H33N3O4/c1-3-20(2)26-29(36)32(24(27(34)30-26)19-22-13-8-5-9-14-22)28(35)23-15-10-18-31(23)25(33)17-16-21-11-6-4-7-12-21/h4-9,11-14,16-17,20,23-24,26H,3,10,15,18-19H2,1-2H3,(H,30,34)/t20-,23+,24-,26+/m1/s1. The summed E-state index contributed by atoms with van der Waals surface area (Å²) in [4.78, 5) is 56.5. The van der Waals surface area contributed by atoms with E-state index in [0.29, 0.717) is 25.8 Å². The predicted octanol–water partition coefficient (Wildman–Crippen LogP) is 3.20. The minimum absolute atomic E-state index is 0.121. The van der Waals surface area contributed by atoms with Crippen LogP contribution in [0.2, 0.25) is 0 Å². The number of amides is 4. The van der Waals surface area contributed by atoms with Crippen molar-refractivity contribution in [3.05, 3.63) is 77.9 Å². The fraction of sp³-hybridized carbons (Fsp3) is 0.379. The normalized spacial score (nSPS) is 23.1. The van der Waals surface area contributed by atoms with E-state index in [-0.39, 0.29) is 24.2 Å². The van der Waals surface area contributed by atoms with Crippen LogP contribution >= 0.6 is 0 Å². The van der Waals surface area contributed by atoms with Crippen LogP contribution in [0.25, 0.3) is 6.08 Å². The Labute approximate surface area is 212 Å². The molecule has 7 nitrogen and oxygen atoms in total. The van der Waals surface area contributed by atoms with Crippen molar-refractivity contribution in [2.24, 2.45) is 5.92 Å². The number of hydrogen-bond acceptors (Lipinski definition) is 4. The molecule has 2 saturated heterocycles. The van der Waals surface area contributed by atoms with Crippen LogP contribution in [0.1, 0.15) is 44.2 Å². The fourth-order valence-corrected chi connectivity index (χ4v) is 4.91. The van der Waals surface area contributed by atoms with Gasteiger partial charge in [-0.2, -0.15) is 0 Å². The van der Waals surface area contributed by atoms with Gasteiger partial charge in [0, 0.05) is 19.0 Å². The van der Waals surface area contributed by atoms with Crippen LogP contribution in [0.5, 0.6) is 0 Å². The summed E-state index contributed by atoms with van der Waals surface area (Å²) in [6, 6.07) is 16.3. The number of nitrogens with one attached hydrogen (secondary N) is 1. The first-order valence-corrected chi connectivity index (χ1v) is 12.7. The lowest BCUT2D eigenvalue weighted by molar-refractivity contribution is -0.162. The Morgan fingerprint density at radius 3 is 2.39 bits per heavy atom. The van der Waals surface area contributed by atoms with Crippen LogP contribution < -0.4 is 5.32 Å². The monoisotopic (exact) mass is 487 g/mol. The second-order valence-electron chi connectivity index (χ2n) is 9.56. The highest BCUT2D eigenvalue weighted by Gasteiger charge is 2.48. The third kappa shape index (κ3) is 5.40. The molecule has 0 unspecified atom stereocenters. The first-order valence-electron chi connectivity index (χ1n) is 12.7. The first-order chi connectivity index (χ1) is 17.4. The smallest absolute Gasteiger partial charge is 0.252 e. The van der Waals surface area contributed by atoms with Crippen LogP contribution in [0.4, 0.5) is 0 Å². The van der Waals surface area contributed by atoms with Gasteiger partial charge in [-0.25, -0.2) is 0 Å². The summed E-state index contributed by atoms with van der Waals surface area (Å²) in [5.41, 5.74) is 1.74. The molecule has 2 aromatic rings. The number of piperazine rings is 1. The Bertz CT molecular complexity index is 1130. The minimum Gasteiger partial charge on any atom is -0.342 e. The summed E-state index contributed by atoms with van der Waals surface area (Å²) in [5.74, 6) is -1.60. The van der Waals surface area contributed by atoms with E-state index in [9.17, 15) is 19.2 Å². The van der Waals surface area contributed by atoms with Crippen molar-refractivity contribution in [3.63, 3.8) is 0 Å². The van der Waals surface area contributed by atoms with Crippen molar-refractivity contribution < 1.29 is 19.2 Å². The van der Waals surface area contributed by atoms with Crippen LogP contribution in [-0.4, -0.2) is 58.1 Å². The van der Waals surface area contributed by atoms with Gasteiger partial charge in [-0.05, 0) is 36.0 Å². The molecule has 0 aliphatic carbocycles.